The van der Waals surface area contributed by atoms with Crippen LogP contribution in [-0.2, 0) is 19.1 Å². The Morgan fingerprint density at radius 1 is 1.32 bits per heavy atom. The predicted molar refractivity (Wildman–Crippen MR) is 97.1 cm³/mol. The summed E-state index contributed by atoms with van der Waals surface area (Å²) in [5.74, 6) is -1.48. The number of hydrogen-bond donors (Lipinski definition) is 2. The van der Waals surface area contributed by atoms with E-state index in [0.717, 1.165) is 17.5 Å². The van der Waals surface area contributed by atoms with E-state index in [-0.39, 0.29) is 5.91 Å². The van der Waals surface area contributed by atoms with E-state index in [9.17, 15) is 14.4 Å². The number of hydrogen-bond acceptors (Lipinski definition) is 4. The van der Waals surface area contributed by atoms with Gasteiger partial charge in [0.05, 0.1) is 0 Å². The topological polar surface area (TPSA) is 84.5 Å². The summed E-state index contributed by atoms with van der Waals surface area (Å²) in [5, 5.41) is 5.73. The van der Waals surface area contributed by atoms with Crippen molar-refractivity contribution < 1.29 is 19.1 Å². The molecule has 136 valence electrons. The molecule has 1 aromatic rings. The Morgan fingerprint density at radius 3 is 2.68 bits per heavy atom. The molecule has 2 amide bonds. The molecule has 0 bridgehead atoms. The fourth-order valence-electron chi connectivity index (χ4n) is 1.81. The van der Waals surface area contributed by atoms with Crippen LogP contribution >= 0.6 is 11.6 Å². The lowest BCUT2D eigenvalue weighted by Gasteiger charge is -2.13. The van der Waals surface area contributed by atoms with Crippen molar-refractivity contribution in [3.63, 3.8) is 0 Å². The molecule has 0 heterocycles. The van der Waals surface area contributed by atoms with E-state index in [1.54, 1.807) is 19.1 Å². The molecule has 0 unspecified atom stereocenters. The van der Waals surface area contributed by atoms with Crippen molar-refractivity contribution in [3.05, 3.63) is 40.4 Å². The van der Waals surface area contributed by atoms with Gasteiger partial charge in [0.15, 0.2) is 6.61 Å². The maximum Gasteiger partial charge on any atom is 0.331 e. The third-order valence-electron chi connectivity index (χ3n) is 3.27. The minimum absolute atomic E-state index is 0.280. The summed E-state index contributed by atoms with van der Waals surface area (Å²) in [6.07, 6.45) is 3.57. The van der Waals surface area contributed by atoms with Crippen molar-refractivity contribution in [2.45, 2.75) is 33.2 Å². The summed E-state index contributed by atoms with van der Waals surface area (Å²) in [6.45, 7) is 5.46. The number of ether oxygens (including phenoxy) is 1. The molecule has 0 aliphatic heterocycles. The Balaban J connectivity index is 2.39. The number of aryl methyl sites for hydroxylation is 1. The molecule has 0 radical (unpaired) electrons. The lowest BCUT2D eigenvalue weighted by Crippen LogP contribution is -2.46. The molecule has 0 aliphatic carbocycles. The van der Waals surface area contributed by atoms with E-state index in [1.165, 1.54) is 6.08 Å². The summed E-state index contributed by atoms with van der Waals surface area (Å²) in [7, 11) is 0. The molecule has 0 aliphatic rings. The fourth-order valence-corrected chi connectivity index (χ4v) is 2.00. The Hall–Kier alpha value is -2.34. The molecule has 6 nitrogen and oxygen atoms in total. The Labute approximate surface area is 152 Å². The summed E-state index contributed by atoms with van der Waals surface area (Å²) in [4.78, 5) is 34.9. The molecular weight excluding hydrogens is 344 g/mol. The molecular formula is C18H23ClN2O4. The van der Waals surface area contributed by atoms with Gasteiger partial charge in [0.2, 0.25) is 5.91 Å². The van der Waals surface area contributed by atoms with Gasteiger partial charge >= 0.3 is 5.97 Å². The Bertz CT molecular complexity index is 658. The Morgan fingerprint density at radius 2 is 2.04 bits per heavy atom. The maximum atomic E-state index is 11.7. The smallest absolute Gasteiger partial charge is 0.331 e. The van der Waals surface area contributed by atoms with E-state index < -0.39 is 24.5 Å². The van der Waals surface area contributed by atoms with Gasteiger partial charge in [-0.25, -0.2) is 4.79 Å². The van der Waals surface area contributed by atoms with Crippen molar-refractivity contribution in [2.75, 3.05) is 13.2 Å². The van der Waals surface area contributed by atoms with Gasteiger partial charge in [0.1, 0.15) is 6.04 Å². The van der Waals surface area contributed by atoms with Gasteiger partial charge in [-0.2, -0.15) is 0 Å². The number of carbonyl (C=O) groups excluding carboxylic acids is 3. The van der Waals surface area contributed by atoms with Crippen molar-refractivity contribution in [1.82, 2.24) is 10.6 Å². The summed E-state index contributed by atoms with van der Waals surface area (Å²) < 4.78 is 4.84. The number of nitrogens with one attached hydrogen (secondary N) is 2. The van der Waals surface area contributed by atoms with Gasteiger partial charge in [-0.3, -0.25) is 9.59 Å². The lowest BCUT2D eigenvalue weighted by molar-refractivity contribution is -0.144. The second-order valence-corrected chi connectivity index (χ2v) is 5.94. The van der Waals surface area contributed by atoms with Crippen LogP contribution in [0.1, 0.15) is 31.4 Å². The van der Waals surface area contributed by atoms with Gasteiger partial charge < -0.3 is 15.4 Å². The van der Waals surface area contributed by atoms with Gasteiger partial charge in [-0.15, -0.1) is 0 Å². The highest BCUT2D eigenvalue weighted by Gasteiger charge is 2.15. The first-order valence-corrected chi connectivity index (χ1v) is 8.39. The summed E-state index contributed by atoms with van der Waals surface area (Å²) >= 11 is 6.00. The average Bonchev–Trinajstić information content (AvgIpc) is 2.58. The van der Waals surface area contributed by atoms with E-state index in [0.29, 0.717) is 11.6 Å². The van der Waals surface area contributed by atoms with Crippen LogP contribution in [0.3, 0.4) is 0 Å². The van der Waals surface area contributed by atoms with Crippen molar-refractivity contribution in [3.8, 4) is 0 Å². The zero-order chi connectivity index (χ0) is 18.8. The molecule has 0 spiro atoms. The lowest BCUT2D eigenvalue weighted by atomic mass is 10.1. The molecule has 2 N–H and O–H groups in total. The zero-order valence-electron chi connectivity index (χ0n) is 14.6. The third-order valence-corrected chi connectivity index (χ3v) is 3.68. The minimum Gasteiger partial charge on any atom is -0.452 e. The number of esters is 1. The van der Waals surface area contributed by atoms with Crippen LogP contribution in [0.2, 0.25) is 5.02 Å². The Kier molecular flexibility index (Phi) is 8.70. The van der Waals surface area contributed by atoms with Gasteiger partial charge in [-0.05, 0) is 43.5 Å². The summed E-state index contributed by atoms with van der Waals surface area (Å²) in [6, 6.07) is 4.69. The van der Waals surface area contributed by atoms with Crippen molar-refractivity contribution >= 4 is 35.5 Å². The van der Waals surface area contributed by atoms with Crippen molar-refractivity contribution in [2.24, 2.45) is 0 Å². The first-order chi connectivity index (χ1) is 11.8. The number of benzene rings is 1. The fraction of sp³-hybridized carbons (Fsp3) is 0.389. The van der Waals surface area contributed by atoms with Crippen molar-refractivity contribution in [1.29, 1.82) is 0 Å². The second-order valence-electron chi connectivity index (χ2n) is 5.53. The van der Waals surface area contributed by atoms with Crippen LogP contribution in [-0.4, -0.2) is 37.0 Å². The average molecular weight is 367 g/mol. The van der Waals surface area contributed by atoms with Crippen LogP contribution in [0.4, 0.5) is 0 Å². The highest BCUT2D eigenvalue weighted by Crippen LogP contribution is 2.17. The molecule has 1 atom stereocenters. The zero-order valence-corrected chi connectivity index (χ0v) is 15.4. The van der Waals surface area contributed by atoms with Gasteiger partial charge in [0.25, 0.3) is 5.91 Å². The third kappa shape index (κ3) is 7.85. The number of halogens is 1. The van der Waals surface area contributed by atoms with E-state index in [1.807, 2.05) is 26.0 Å². The van der Waals surface area contributed by atoms with Crippen LogP contribution in [0.25, 0.3) is 6.08 Å². The highest BCUT2D eigenvalue weighted by molar-refractivity contribution is 6.31. The number of carbonyl (C=O) groups is 3. The van der Waals surface area contributed by atoms with Crippen LogP contribution in [0.5, 0.6) is 0 Å². The molecule has 25 heavy (non-hydrogen) atoms. The summed E-state index contributed by atoms with van der Waals surface area (Å²) in [5.41, 5.74) is 1.69. The molecule has 1 aromatic carbocycles. The highest BCUT2D eigenvalue weighted by atomic mass is 35.5. The number of rotatable bonds is 8. The SMILES string of the molecule is CCCNC(=O)[C@H](C)NC(=O)COC(=O)/C=C/c1ccc(C)c(Cl)c1. The maximum absolute atomic E-state index is 11.7. The second kappa shape index (κ2) is 10.5. The minimum atomic E-state index is -0.692. The van der Waals surface area contributed by atoms with Gasteiger partial charge in [0, 0.05) is 17.6 Å². The monoisotopic (exact) mass is 366 g/mol. The molecule has 0 saturated heterocycles. The normalized spacial score (nSPS) is 11.8. The molecule has 7 heteroatoms. The largest absolute Gasteiger partial charge is 0.452 e. The van der Waals surface area contributed by atoms with E-state index in [2.05, 4.69) is 10.6 Å². The first kappa shape index (κ1) is 20.7. The van der Waals surface area contributed by atoms with Crippen LogP contribution < -0.4 is 10.6 Å². The number of amides is 2. The van der Waals surface area contributed by atoms with Crippen LogP contribution in [0.15, 0.2) is 24.3 Å². The molecule has 0 fully saturated rings. The van der Waals surface area contributed by atoms with E-state index >= 15 is 0 Å². The van der Waals surface area contributed by atoms with E-state index in [4.69, 9.17) is 16.3 Å². The first-order valence-electron chi connectivity index (χ1n) is 8.01. The van der Waals surface area contributed by atoms with Gasteiger partial charge in [-0.1, -0.05) is 30.7 Å². The predicted octanol–water partition coefficient (Wildman–Crippen LogP) is 2.24. The quantitative estimate of drug-likeness (QED) is 0.546. The molecule has 1 rings (SSSR count). The van der Waals surface area contributed by atoms with Crippen LogP contribution in [0, 0.1) is 6.92 Å². The molecule has 0 saturated carbocycles. The molecule has 0 aromatic heterocycles. The standard InChI is InChI=1S/C18H23ClN2O4/c1-4-9-20-18(24)13(3)21-16(22)11-25-17(23)8-7-14-6-5-12(2)15(19)10-14/h5-8,10,13H,4,9,11H2,1-3H3,(H,20,24)(H,21,22)/b8-7+/t13-/m0/s1.